The number of hydrogen-bond donors (Lipinski definition) is 2. The van der Waals surface area contributed by atoms with Crippen LogP contribution in [0.15, 0.2) is 23.3 Å². The van der Waals surface area contributed by atoms with Crippen LogP contribution in [0.2, 0.25) is 0 Å². The molecule has 2 fully saturated rings. The Bertz CT molecular complexity index is 515. The van der Waals surface area contributed by atoms with Gasteiger partial charge in [-0.25, -0.2) is 4.98 Å². The van der Waals surface area contributed by atoms with Crippen molar-refractivity contribution in [2.45, 2.75) is 19.4 Å². The predicted molar refractivity (Wildman–Crippen MR) is 104 cm³/mol. The lowest BCUT2D eigenvalue weighted by Crippen LogP contribution is -2.40. The molecule has 1 saturated carbocycles. The third-order valence-corrected chi connectivity index (χ3v) is 4.10. The van der Waals surface area contributed by atoms with Gasteiger partial charge in [0.25, 0.3) is 0 Å². The molecule has 0 spiro atoms. The first kappa shape index (κ1) is 18.3. The molecule has 1 aliphatic carbocycles. The summed E-state index contributed by atoms with van der Waals surface area (Å²) in [5, 5.41) is 6.77. The Morgan fingerprint density at radius 1 is 1.35 bits per heavy atom. The Hall–Kier alpha value is -1.09. The number of hydrogen-bond acceptors (Lipinski definition) is 4. The molecular weight excluding hydrogens is 405 g/mol. The first-order valence-electron chi connectivity index (χ1n) is 8.08. The fraction of sp³-hybridized carbons (Fsp3) is 0.625. The van der Waals surface area contributed by atoms with Crippen LogP contribution in [-0.2, 0) is 11.3 Å². The Morgan fingerprint density at radius 3 is 2.83 bits per heavy atom. The van der Waals surface area contributed by atoms with Crippen LogP contribution < -0.4 is 15.5 Å². The smallest absolute Gasteiger partial charge is 0.191 e. The molecule has 0 aromatic carbocycles. The van der Waals surface area contributed by atoms with Gasteiger partial charge in [0.05, 0.1) is 13.2 Å². The molecule has 0 radical (unpaired) electrons. The first-order chi connectivity index (χ1) is 10.9. The third kappa shape index (κ3) is 5.49. The topological polar surface area (TPSA) is 61.8 Å². The molecule has 23 heavy (non-hydrogen) atoms. The molecule has 128 valence electrons. The van der Waals surface area contributed by atoms with Crippen molar-refractivity contribution in [3.05, 3.63) is 23.9 Å². The van der Waals surface area contributed by atoms with Gasteiger partial charge in [-0.3, -0.25) is 4.99 Å². The summed E-state index contributed by atoms with van der Waals surface area (Å²) in [7, 11) is 1.81. The van der Waals surface area contributed by atoms with E-state index in [2.05, 4.69) is 31.6 Å². The molecule has 1 aliphatic heterocycles. The highest BCUT2D eigenvalue weighted by atomic mass is 127. The number of nitrogens with one attached hydrogen (secondary N) is 2. The summed E-state index contributed by atoms with van der Waals surface area (Å²) in [6.45, 7) is 5.09. The van der Waals surface area contributed by atoms with Gasteiger partial charge in [-0.1, -0.05) is 6.07 Å². The van der Waals surface area contributed by atoms with E-state index in [0.717, 1.165) is 57.1 Å². The van der Waals surface area contributed by atoms with Crippen LogP contribution in [0.4, 0.5) is 5.82 Å². The summed E-state index contributed by atoms with van der Waals surface area (Å²) < 4.78 is 5.42. The highest BCUT2D eigenvalue weighted by Gasteiger charge is 2.21. The van der Waals surface area contributed by atoms with Crippen LogP contribution >= 0.6 is 24.0 Å². The van der Waals surface area contributed by atoms with Gasteiger partial charge in [0.15, 0.2) is 5.96 Å². The number of guanidine groups is 1. The summed E-state index contributed by atoms with van der Waals surface area (Å²) in [5.74, 6) is 2.75. The molecule has 2 aliphatic rings. The van der Waals surface area contributed by atoms with Crippen molar-refractivity contribution in [1.29, 1.82) is 0 Å². The minimum absolute atomic E-state index is 0. The van der Waals surface area contributed by atoms with Crippen molar-refractivity contribution in [3.63, 3.8) is 0 Å². The predicted octanol–water partition coefficient (Wildman–Crippen LogP) is 1.61. The van der Waals surface area contributed by atoms with Crippen molar-refractivity contribution in [2.75, 3.05) is 44.8 Å². The van der Waals surface area contributed by atoms with Crippen LogP contribution in [-0.4, -0.2) is 50.8 Å². The van der Waals surface area contributed by atoms with Crippen molar-refractivity contribution in [2.24, 2.45) is 10.9 Å². The van der Waals surface area contributed by atoms with Crippen LogP contribution in [0.25, 0.3) is 0 Å². The maximum Gasteiger partial charge on any atom is 0.191 e. The van der Waals surface area contributed by atoms with Crippen molar-refractivity contribution in [1.82, 2.24) is 15.6 Å². The highest BCUT2D eigenvalue weighted by Crippen LogP contribution is 2.27. The Kier molecular flexibility index (Phi) is 7.35. The SMILES string of the molecule is CN=C(NCc1cccnc1N1CCOCC1)NCC1CC1.I. The van der Waals surface area contributed by atoms with Crippen LogP contribution in [0.3, 0.4) is 0 Å². The lowest BCUT2D eigenvalue weighted by atomic mass is 10.2. The van der Waals surface area contributed by atoms with E-state index in [1.807, 2.05) is 19.3 Å². The van der Waals surface area contributed by atoms with E-state index in [9.17, 15) is 0 Å². The third-order valence-electron chi connectivity index (χ3n) is 4.10. The monoisotopic (exact) mass is 431 g/mol. The van der Waals surface area contributed by atoms with E-state index in [-0.39, 0.29) is 24.0 Å². The van der Waals surface area contributed by atoms with Gasteiger partial charge in [0.1, 0.15) is 5.82 Å². The van der Waals surface area contributed by atoms with Crippen LogP contribution in [0.5, 0.6) is 0 Å². The van der Waals surface area contributed by atoms with E-state index in [4.69, 9.17) is 4.74 Å². The number of ether oxygens (including phenoxy) is 1. The quantitative estimate of drug-likeness (QED) is 0.422. The van der Waals surface area contributed by atoms with Crippen LogP contribution in [0.1, 0.15) is 18.4 Å². The molecule has 7 heteroatoms. The molecular formula is C16H26IN5O. The van der Waals surface area contributed by atoms with Crippen molar-refractivity contribution >= 4 is 35.8 Å². The van der Waals surface area contributed by atoms with Gasteiger partial charge in [-0.15, -0.1) is 24.0 Å². The minimum atomic E-state index is 0. The van der Waals surface area contributed by atoms with E-state index in [1.54, 1.807) is 0 Å². The van der Waals surface area contributed by atoms with Gasteiger partial charge in [-0.05, 0) is 24.8 Å². The maximum absolute atomic E-state index is 5.42. The summed E-state index contributed by atoms with van der Waals surface area (Å²) in [4.78, 5) is 11.1. The number of anilines is 1. The molecule has 0 amide bonds. The molecule has 2 heterocycles. The summed E-state index contributed by atoms with van der Waals surface area (Å²) >= 11 is 0. The van der Waals surface area contributed by atoms with E-state index in [0.29, 0.717) is 0 Å². The van der Waals surface area contributed by atoms with Gasteiger partial charge in [0, 0.05) is 45.0 Å². The molecule has 0 bridgehead atoms. The lowest BCUT2D eigenvalue weighted by molar-refractivity contribution is 0.122. The largest absolute Gasteiger partial charge is 0.378 e. The average molecular weight is 431 g/mol. The number of pyridine rings is 1. The number of morpholine rings is 1. The molecule has 1 aromatic rings. The molecule has 3 rings (SSSR count). The zero-order chi connectivity index (χ0) is 15.2. The summed E-state index contributed by atoms with van der Waals surface area (Å²) in [6, 6.07) is 4.11. The van der Waals surface area contributed by atoms with Crippen molar-refractivity contribution < 1.29 is 4.74 Å². The second-order valence-corrected chi connectivity index (χ2v) is 5.84. The Morgan fingerprint density at radius 2 is 2.13 bits per heavy atom. The molecule has 6 nitrogen and oxygen atoms in total. The number of nitrogens with zero attached hydrogens (tertiary/aromatic N) is 3. The molecule has 2 N–H and O–H groups in total. The second kappa shape index (κ2) is 9.27. The van der Waals surface area contributed by atoms with E-state index >= 15 is 0 Å². The zero-order valence-corrected chi connectivity index (χ0v) is 16.0. The van der Waals surface area contributed by atoms with Gasteiger partial charge in [-0.2, -0.15) is 0 Å². The molecule has 1 aromatic heterocycles. The van der Waals surface area contributed by atoms with Crippen molar-refractivity contribution in [3.8, 4) is 0 Å². The normalized spacial score (nSPS) is 18.3. The fourth-order valence-electron chi connectivity index (χ4n) is 2.59. The maximum atomic E-state index is 5.42. The number of rotatable bonds is 5. The fourth-order valence-corrected chi connectivity index (χ4v) is 2.59. The molecule has 1 saturated heterocycles. The minimum Gasteiger partial charge on any atom is -0.378 e. The van der Waals surface area contributed by atoms with Gasteiger partial charge in [0.2, 0.25) is 0 Å². The van der Waals surface area contributed by atoms with Gasteiger partial charge < -0.3 is 20.3 Å². The zero-order valence-electron chi connectivity index (χ0n) is 13.6. The highest BCUT2D eigenvalue weighted by molar-refractivity contribution is 14.0. The summed E-state index contributed by atoms with van der Waals surface area (Å²) in [6.07, 6.45) is 4.54. The lowest BCUT2D eigenvalue weighted by Gasteiger charge is -2.29. The number of aliphatic imine (C=N–C) groups is 1. The second-order valence-electron chi connectivity index (χ2n) is 5.84. The van der Waals surface area contributed by atoms with Crippen LogP contribution in [0, 0.1) is 5.92 Å². The Balaban J connectivity index is 0.00000192. The Labute approximate surface area is 155 Å². The standard InChI is InChI=1S/C16H25N5O.HI/c1-17-16(19-11-13-4-5-13)20-12-14-3-2-6-18-15(14)21-7-9-22-10-8-21;/h2-3,6,13H,4-5,7-12H2,1H3,(H2,17,19,20);1H. The first-order valence-corrected chi connectivity index (χ1v) is 8.08. The number of halogens is 1. The molecule has 0 atom stereocenters. The average Bonchev–Trinajstić information content (AvgIpc) is 3.40. The number of aromatic nitrogens is 1. The van der Waals surface area contributed by atoms with E-state index < -0.39 is 0 Å². The van der Waals surface area contributed by atoms with E-state index in [1.165, 1.54) is 18.4 Å². The molecule has 0 unspecified atom stereocenters. The van der Waals surface area contributed by atoms with Gasteiger partial charge >= 0.3 is 0 Å². The summed E-state index contributed by atoms with van der Waals surface area (Å²) in [5.41, 5.74) is 1.19.